The Hall–Kier alpha value is -4.96. The number of methoxy groups -OCH3 is 2. The molecule has 2 aromatic heterocycles. The monoisotopic (exact) mass is 611 g/mol. The number of halogens is 1. The first-order valence-electron chi connectivity index (χ1n) is 14.1. The zero-order chi connectivity index (χ0) is 31.0. The van der Waals surface area contributed by atoms with Gasteiger partial charge in [-0.3, -0.25) is 9.36 Å². The van der Waals surface area contributed by atoms with Crippen LogP contribution in [0.4, 0.5) is 4.39 Å². The Morgan fingerprint density at radius 1 is 1.07 bits per heavy atom. The predicted molar refractivity (Wildman–Crippen MR) is 167 cm³/mol. The number of ether oxygens (including phenoxy) is 3. The van der Waals surface area contributed by atoms with Crippen molar-refractivity contribution in [1.82, 2.24) is 9.13 Å². The van der Waals surface area contributed by atoms with Gasteiger partial charge in [-0.1, -0.05) is 41.7 Å². The molecular weight excluding hydrogens is 581 g/mol. The topological polar surface area (TPSA) is 84.1 Å². The number of para-hydroxylation sites is 1. The number of esters is 1. The minimum atomic E-state index is -0.826. The summed E-state index contributed by atoms with van der Waals surface area (Å²) in [6.07, 6.45) is 3.85. The number of carbonyl (C=O) groups excluding carboxylic acids is 1. The van der Waals surface area contributed by atoms with E-state index < -0.39 is 12.0 Å². The highest BCUT2D eigenvalue weighted by molar-refractivity contribution is 7.07. The molecule has 0 saturated heterocycles. The summed E-state index contributed by atoms with van der Waals surface area (Å²) in [4.78, 5) is 32.7. The van der Waals surface area contributed by atoms with Gasteiger partial charge in [0.2, 0.25) is 0 Å². The van der Waals surface area contributed by atoms with Gasteiger partial charge in [0.05, 0.1) is 36.6 Å². The SMILES string of the molecule is CCOC(=O)C1=C(C)N=c2s/c(=C/c3cn(Cc4ccc(F)cc4)c4ccccc34)c(=O)n2[C@@H]1c1ccc(OC)cc1OC. The number of thiazole rings is 1. The van der Waals surface area contributed by atoms with Gasteiger partial charge < -0.3 is 18.8 Å². The molecule has 1 atom stereocenters. The van der Waals surface area contributed by atoms with E-state index in [1.807, 2.05) is 36.5 Å². The van der Waals surface area contributed by atoms with Gasteiger partial charge in [0.25, 0.3) is 5.56 Å². The van der Waals surface area contributed by atoms with Crippen LogP contribution in [-0.4, -0.2) is 35.9 Å². The Kier molecular flexibility index (Phi) is 7.92. The van der Waals surface area contributed by atoms with Gasteiger partial charge in [-0.05, 0) is 55.8 Å². The van der Waals surface area contributed by atoms with Gasteiger partial charge in [0, 0.05) is 40.8 Å². The third-order valence-corrected chi connectivity index (χ3v) is 8.61. The molecule has 8 nitrogen and oxygen atoms in total. The van der Waals surface area contributed by atoms with Crippen LogP contribution in [0, 0.1) is 5.82 Å². The second-order valence-corrected chi connectivity index (χ2v) is 11.3. The number of hydrogen-bond acceptors (Lipinski definition) is 7. The first-order valence-corrected chi connectivity index (χ1v) is 14.9. The van der Waals surface area contributed by atoms with Crippen LogP contribution < -0.4 is 24.4 Å². The maximum Gasteiger partial charge on any atom is 0.338 e. The average Bonchev–Trinajstić information content (AvgIpc) is 3.53. The number of benzene rings is 3. The van der Waals surface area contributed by atoms with E-state index in [1.54, 1.807) is 51.3 Å². The van der Waals surface area contributed by atoms with Crippen LogP contribution in [-0.2, 0) is 16.1 Å². The summed E-state index contributed by atoms with van der Waals surface area (Å²) in [6, 6.07) is 18.8. The second-order valence-electron chi connectivity index (χ2n) is 10.3. The van der Waals surface area contributed by atoms with Crippen molar-refractivity contribution in [3.05, 3.63) is 126 Å². The van der Waals surface area contributed by atoms with E-state index in [9.17, 15) is 14.0 Å². The number of allylic oxidation sites excluding steroid dienone is 1. The number of nitrogens with zero attached hydrogens (tertiary/aromatic N) is 3. The fourth-order valence-electron chi connectivity index (χ4n) is 5.58. The van der Waals surface area contributed by atoms with Crippen LogP contribution in [0.2, 0.25) is 0 Å². The summed E-state index contributed by atoms with van der Waals surface area (Å²) < 4.78 is 34.1. The minimum Gasteiger partial charge on any atom is -0.497 e. The lowest BCUT2D eigenvalue weighted by atomic mass is 9.95. The third kappa shape index (κ3) is 5.22. The smallest absolute Gasteiger partial charge is 0.338 e. The highest BCUT2D eigenvalue weighted by atomic mass is 32.1. The number of hydrogen-bond donors (Lipinski definition) is 0. The van der Waals surface area contributed by atoms with Crippen molar-refractivity contribution in [1.29, 1.82) is 0 Å². The Morgan fingerprint density at radius 2 is 1.84 bits per heavy atom. The summed E-state index contributed by atoms with van der Waals surface area (Å²) >= 11 is 1.26. The van der Waals surface area contributed by atoms with Crippen LogP contribution in [0.15, 0.2) is 94.0 Å². The molecule has 0 amide bonds. The highest BCUT2D eigenvalue weighted by Crippen LogP contribution is 2.37. The molecule has 3 heterocycles. The van der Waals surface area contributed by atoms with Crippen molar-refractivity contribution in [3.63, 3.8) is 0 Å². The Balaban J connectivity index is 1.53. The molecule has 1 aliphatic heterocycles. The van der Waals surface area contributed by atoms with Crippen LogP contribution >= 0.6 is 11.3 Å². The lowest BCUT2D eigenvalue weighted by molar-refractivity contribution is -0.139. The molecule has 224 valence electrons. The number of fused-ring (bicyclic) bond motifs is 2. The molecule has 0 spiro atoms. The van der Waals surface area contributed by atoms with Crippen LogP contribution in [0.1, 0.15) is 36.6 Å². The fraction of sp³-hybridized carbons (Fsp3) is 0.206. The number of carbonyl (C=O) groups is 1. The molecule has 44 heavy (non-hydrogen) atoms. The van der Waals surface area contributed by atoms with Crippen LogP contribution in [0.25, 0.3) is 17.0 Å². The quantitative estimate of drug-likeness (QED) is 0.232. The second kappa shape index (κ2) is 12.0. The van der Waals surface area contributed by atoms with E-state index in [0.29, 0.717) is 38.6 Å². The van der Waals surface area contributed by atoms with E-state index in [4.69, 9.17) is 14.2 Å². The van der Waals surface area contributed by atoms with Crippen molar-refractivity contribution in [2.45, 2.75) is 26.4 Å². The maximum atomic E-state index is 14.2. The largest absolute Gasteiger partial charge is 0.497 e. The van der Waals surface area contributed by atoms with Gasteiger partial charge in [-0.2, -0.15) is 0 Å². The lowest BCUT2D eigenvalue weighted by Gasteiger charge is -2.26. The Morgan fingerprint density at radius 3 is 2.57 bits per heavy atom. The average molecular weight is 612 g/mol. The van der Waals surface area contributed by atoms with Crippen LogP contribution in [0.5, 0.6) is 11.5 Å². The summed E-state index contributed by atoms with van der Waals surface area (Å²) in [5, 5.41) is 0.970. The number of aromatic nitrogens is 2. The maximum absolute atomic E-state index is 14.2. The van der Waals surface area contributed by atoms with Crippen molar-refractivity contribution in [2.24, 2.45) is 4.99 Å². The van der Waals surface area contributed by atoms with E-state index in [1.165, 1.54) is 35.1 Å². The van der Waals surface area contributed by atoms with E-state index >= 15 is 0 Å². The van der Waals surface area contributed by atoms with Crippen molar-refractivity contribution in [2.75, 3.05) is 20.8 Å². The molecule has 0 bridgehead atoms. The number of rotatable bonds is 8. The molecular formula is C34H30FN3O5S. The predicted octanol–water partition coefficient (Wildman–Crippen LogP) is 4.96. The third-order valence-electron chi connectivity index (χ3n) is 7.62. The molecule has 0 fully saturated rings. The first-order chi connectivity index (χ1) is 21.3. The van der Waals surface area contributed by atoms with Gasteiger partial charge in [-0.15, -0.1) is 0 Å². The summed E-state index contributed by atoms with van der Waals surface area (Å²) in [7, 11) is 3.09. The van der Waals surface area contributed by atoms with Gasteiger partial charge in [0.15, 0.2) is 4.80 Å². The first kappa shape index (κ1) is 29.1. The molecule has 0 radical (unpaired) electrons. The molecule has 0 aliphatic carbocycles. The van der Waals surface area contributed by atoms with Crippen molar-refractivity contribution < 1.29 is 23.4 Å². The van der Waals surface area contributed by atoms with Gasteiger partial charge >= 0.3 is 5.97 Å². The Bertz CT molecular complexity index is 2110. The molecule has 0 saturated carbocycles. The van der Waals surface area contributed by atoms with Crippen molar-refractivity contribution in [3.8, 4) is 11.5 Å². The van der Waals surface area contributed by atoms with E-state index in [0.717, 1.165) is 22.0 Å². The zero-order valence-corrected chi connectivity index (χ0v) is 25.5. The summed E-state index contributed by atoms with van der Waals surface area (Å²) in [5.74, 6) is 0.210. The normalized spacial score (nSPS) is 14.8. The summed E-state index contributed by atoms with van der Waals surface area (Å²) in [6.45, 7) is 4.19. The molecule has 0 unspecified atom stereocenters. The summed E-state index contributed by atoms with van der Waals surface area (Å²) in [5.41, 5.74) is 3.84. The fourth-order valence-corrected chi connectivity index (χ4v) is 6.62. The molecule has 6 rings (SSSR count). The van der Waals surface area contributed by atoms with E-state index in [-0.39, 0.29) is 23.6 Å². The Labute approximate surface area is 256 Å². The molecule has 3 aromatic carbocycles. The molecule has 0 N–H and O–H groups in total. The minimum absolute atomic E-state index is 0.175. The van der Waals surface area contributed by atoms with Crippen LogP contribution in [0.3, 0.4) is 0 Å². The van der Waals surface area contributed by atoms with Crippen molar-refractivity contribution >= 4 is 34.3 Å². The molecule has 10 heteroatoms. The lowest BCUT2D eigenvalue weighted by Crippen LogP contribution is -2.40. The standard InChI is InChI=1S/C34H30FN3O5S/c1-5-43-33(40)30-20(2)36-34-38(31(30)26-15-14-24(41-3)17-28(26)42-4)32(39)29(44-34)16-22-19-37(27-9-7-6-8-25(22)27)18-21-10-12-23(35)13-11-21/h6-17,19,31H,5,18H2,1-4H3/b29-16+/t31-/m1/s1. The van der Waals surface area contributed by atoms with Gasteiger partial charge in [0.1, 0.15) is 23.4 Å². The molecule has 5 aromatic rings. The highest BCUT2D eigenvalue weighted by Gasteiger charge is 2.35. The van der Waals surface area contributed by atoms with Gasteiger partial charge in [-0.25, -0.2) is 14.2 Å². The molecule has 1 aliphatic rings. The van der Waals surface area contributed by atoms with E-state index in [2.05, 4.69) is 9.56 Å². The zero-order valence-electron chi connectivity index (χ0n) is 24.7.